The van der Waals surface area contributed by atoms with Crippen LogP contribution in [-0.2, 0) is 11.3 Å². The highest BCUT2D eigenvalue weighted by atomic mass is 32.2. The lowest BCUT2D eigenvalue weighted by molar-refractivity contribution is -0.117. The van der Waals surface area contributed by atoms with Crippen LogP contribution in [0.4, 0.5) is 5.95 Å². The van der Waals surface area contributed by atoms with Crippen molar-refractivity contribution >= 4 is 29.3 Å². The number of fused-ring (bicyclic) bond motifs is 1. The summed E-state index contributed by atoms with van der Waals surface area (Å²) in [7, 11) is 0. The fraction of sp³-hybridized carbons (Fsp3) is 0.200. The van der Waals surface area contributed by atoms with Crippen LogP contribution in [0.5, 0.6) is 0 Å². The SMILES string of the molecule is CSc1ccccc1-c1ccc2nc(NC(=O)Cn3nc(C)cc3C)nn2c1. The largest absolute Gasteiger partial charge is 0.292 e. The summed E-state index contributed by atoms with van der Waals surface area (Å²) < 4.78 is 3.35. The van der Waals surface area contributed by atoms with Crippen molar-refractivity contribution in [2.75, 3.05) is 11.6 Å². The molecule has 0 atom stereocenters. The maximum absolute atomic E-state index is 12.3. The number of aryl methyl sites for hydroxylation is 2. The summed E-state index contributed by atoms with van der Waals surface area (Å²) in [5.41, 5.74) is 4.68. The van der Waals surface area contributed by atoms with Crippen LogP contribution in [0, 0.1) is 13.8 Å². The molecule has 1 aromatic carbocycles. The lowest BCUT2D eigenvalue weighted by Gasteiger charge is -2.07. The zero-order valence-electron chi connectivity index (χ0n) is 15.9. The Morgan fingerprint density at radius 3 is 2.71 bits per heavy atom. The van der Waals surface area contributed by atoms with Crippen molar-refractivity contribution in [3.63, 3.8) is 0 Å². The maximum Gasteiger partial charge on any atom is 0.249 e. The van der Waals surface area contributed by atoms with Gasteiger partial charge in [-0.3, -0.25) is 14.8 Å². The Morgan fingerprint density at radius 2 is 1.96 bits per heavy atom. The summed E-state index contributed by atoms with van der Waals surface area (Å²) in [6.45, 7) is 3.95. The van der Waals surface area contributed by atoms with Crippen LogP contribution in [0.1, 0.15) is 11.4 Å². The molecule has 0 aliphatic heterocycles. The molecule has 142 valence electrons. The minimum Gasteiger partial charge on any atom is -0.292 e. The first-order chi connectivity index (χ1) is 13.5. The molecule has 4 aromatic rings. The topological polar surface area (TPSA) is 77.1 Å². The normalized spacial score (nSPS) is 11.1. The number of anilines is 1. The van der Waals surface area contributed by atoms with Gasteiger partial charge in [-0.25, -0.2) is 4.52 Å². The van der Waals surface area contributed by atoms with Gasteiger partial charge in [0.15, 0.2) is 5.65 Å². The van der Waals surface area contributed by atoms with E-state index in [2.05, 4.69) is 38.9 Å². The van der Waals surface area contributed by atoms with Crippen LogP contribution < -0.4 is 5.32 Å². The smallest absolute Gasteiger partial charge is 0.249 e. The summed E-state index contributed by atoms with van der Waals surface area (Å²) in [4.78, 5) is 17.9. The Labute approximate surface area is 166 Å². The second-order valence-corrected chi connectivity index (χ2v) is 7.34. The first-order valence-corrected chi connectivity index (χ1v) is 10.1. The third-order valence-electron chi connectivity index (χ3n) is 4.40. The van der Waals surface area contributed by atoms with E-state index in [-0.39, 0.29) is 18.4 Å². The number of carbonyl (C=O) groups is 1. The molecular formula is C20H20N6OS. The zero-order valence-corrected chi connectivity index (χ0v) is 16.7. The van der Waals surface area contributed by atoms with Crippen LogP contribution in [0.15, 0.2) is 53.6 Å². The molecule has 0 radical (unpaired) electrons. The Bertz CT molecular complexity index is 1160. The van der Waals surface area contributed by atoms with Crippen LogP contribution in [0.3, 0.4) is 0 Å². The molecule has 8 heteroatoms. The number of nitrogens with one attached hydrogen (secondary N) is 1. The average molecular weight is 392 g/mol. The monoisotopic (exact) mass is 392 g/mol. The predicted octanol–water partition coefficient (Wildman–Crippen LogP) is 3.57. The number of carbonyl (C=O) groups excluding carboxylic acids is 1. The molecule has 0 saturated carbocycles. The highest BCUT2D eigenvalue weighted by Gasteiger charge is 2.12. The fourth-order valence-electron chi connectivity index (χ4n) is 3.11. The van der Waals surface area contributed by atoms with Gasteiger partial charge in [0, 0.05) is 22.3 Å². The molecule has 0 spiro atoms. The summed E-state index contributed by atoms with van der Waals surface area (Å²) in [5.74, 6) is 0.0666. The predicted molar refractivity (Wildman–Crippen MR) is 111 cm³/mol. The number of amides is 1. The van der Waals surface area contributed by atoms with Gasteiger partial charge in [0.1, 0.15) is 6.54 Å². The minimum atomic E-state index is -0.213. The Balaban J connectivity index is 1.56. The summed E-state index contributed by atoms with van der Waals surface area (Å²) in [6, 6.07) is 14.1. The van der Waals surface area contributed by atoms with Gasteiger partial charge in [0.05, 0.1) is 5.69 Å². The molecule has 3 heterocycles. The lowest BCUT2D eigenvalue weighted by atomic mass is 10.1. The van der Waals surface area contributed by atoms with E-state index in [4.69, 9.17) is 0 Å². The molecule has 0 unspecified atom stereocenters. The van der Waals surface area contributed by atoms with Gasteiger partial charge >= 0.3 is 0 Å². The fourth-order valence-corrected chi connectivity index (χ4v) is 3.73. The van der Waals surface area contributed by atoms with E-state index in [1.54, 1.807) is 21.0 Å². The third-order valence-corrected chi connectivity index (χ3v) is 5.19. The Morgan fingerprint density at radius 1 is 1.14 bits per heavy atom. The van der Waals surface area contributed by atoms with Crippen molar-refractivity contribution in [1.82, 2.24) is 24.4 Å². The highest BCUT2D eigenvalue weighted by Crippen LogP contribution is 2.30. The number of hydrogen-bond acceptors (Lipinski definition) is 5. The number of benzene rings is 1. The molecule has 28 heavy (non-hydrogen) atoms. The molecule has 0 fully saturated rings. The highest BCUT2D eigenvalue weighted by molar-refractivity contribution is 7.98. The van der Waals surface area contributed by atoms with E-state index >= 15 is 0 Å². The second kappa shape index (κ2) is 7.47. The molecule has 1 amide bonds. The van der Waals surface area contributed by atoms with Crippen LogP contribution in [-0.4, -0.2) is 36.5 Å². The molecular weight excluding hydrogens is 372 g/mol. The summed E-state index contributed by atoms with van der Waals surface area (Å²) in [6.07, 6.45) is 3.98. The van der Waals surface area contributed by atoms with Crippen LogP contribution >= 0.6 is 11.8 Å². The van der Waals surface area contributed by atoms with Crippen molar-refractivity contribution in [2.45, 2.75) is 25.3 Å². The first kappa shape index (κ1) is 18.2. The summed E-state index contributed by atoms with van der Waals surface area (Å²) >= 11 is 1.70. The van der Waals surface area contributed by atoms with Crippen molar-refractivity contribution in [3.05, 3.63) is 60.0 Å². The van der Waals surface area contributed by atoms with Crippen molar-refractivity contribution in [2.24, 2.45) is 0 Å². The minimum absolute atomic E-state index is 0.127. The van der Waals surface area contributed by atoms with Gasteiger partial charge < -0.3 is 0 Å². The Kier molecular flexibility index (Phi) is 4.87. The Hall–Kier alpha value is -3.13. The number of rotatable bonds is 5. The molecule has 1 N–H and O–H groups in total. The standard InChI is InChI=1S/C20H20N6OS/c1-13-10-14(2)25(23-13)12-19(27)22-20-21-18-9-8-15(11-26(18)24-20)16-6-4-5-7-17(16)28-3/h4-11H,12H2,1-3H3,(H,22,24,27). The van der Waals surface area contributed by atoms with E-state index in [1.807, 2.05) is 50.4 Å². The van der Waals surface area contributed by atoms with Crippen molar-refractivity contribution in [1.29, 1.82) is 0 Å². The van der Waals surface area contributed by atoms with E-state index in [0.29, 0.717) is 5.65 Å². The number of pyridine rings is 1. The summed E-state index contributed by atoms with van der Waals surface area (Å²) in [5, 5.41) is 11.5. The molecule has 7 nitrogen and oxygen atoms in total. The molecule has 3 aromatic heterocycles. The molecule has 4 rings (SSSR count). The second-order valence-electron chi connectivity index (χ2n) is 6.49. The third kappa shape index (κ3) is 3.63. The maximum atomic E-state index is 12.3. The first-order valence-electron chi connectivity index (χ1n) is 8.84. The number of nitrogens with zero attached hydrogens (tertiary/aromatic N) is 5. The van der Waals surface area contributed by atoms with Crippen LogP contribution in [0.25, 0.3) is 16.8 Å². The molecule has 0 aliphatic carbocycles. The number of thioether (sulfide) groups is 1. The molecule has 0 aliphatic rings. The van der Waals surface area contributed by atoms with Gasteiger partial charge in [-0.1, -0.05) is 18.2 Å². The zero-order chi connectivity index (χ0) is 19.7. The lowest BCUT2D eigenvalue weighted by Crippen LogP contribution is -2.21. The quantitative estimate of drug-likeness (QED) is 0.526. The van der Waals surface area contributed by atoms with E-state index in [1.165, 1.54) is 4.90 Å². The van der Waals surface area contributed by atoms with E-state index < -0.39 is 0 Å². The van der Waals surface area contributed by atoms with Crippen LogP contribution in [0.2, 0.25) is 0 Å². The molecule has 0 saturated heterocycles. The van der Waals surface area contributed by atoms with Gasteiger partial charge in [-0.2, -0.15) is 10.1 Å². The average Bonchev–Trinajstić information content (AvgIpc) is 3.22. The van der Waals surface area contributed by atoms with E-state index in [9.17, 15) is 4.79 Å². The van der Waals surface area contributed by atoms with Gasteiger partial charge in [0.2, 0.25) is 11.9 Å². The number of aromatic nitrogens is 5. The van der Waals surface area contributed by atoms with Gasteiger partial charge in [-0.05, 0) is 49.9 Å². The van der Waals surface area contributed by atoms with Crippen molar-refractivity contribution < 1.29 is 4.79 Å². The van der Waals surface area contributed by atoms with Crippen molar-refractivity contribution in [3.8, 4) is 11.1 Å². The van der Waals surface area contributed by atoms with E-state index in [0.717, 1.165) is 22.5 Å². The van der Waals surface area contributed by atoms with Gasteiger partial charge in [-0.15, -0.1) is 16.9 Å². The molecule has 0 bridgehead atoms. The number of hydrogen-bond donors (Lipinski definition) is 1. The van der Waals surface area contributed by atoms with Gasteiger partial charge in [0.25, 0.3) is 0 Å².